The summed E-state index contributed by atoms with van der Waals surface area (Å²) in [6, 6.07) is 3.09. The van der Waals surface area contributed by atoms with Crippen LogP contribution >= 0.6 is 0 Å². The van der Waals surface area contributed by atoms with Gasteiger partial charge in [0.15, 0.2) is 15.7 Å². The van der Waals surface area contributed by atoms with Crippen LogP contribution < -0.4 is 0 Å². The summed E-state index contributed by atoms with van der Waals surface area (Å²) in [7, 11) is -3.41. The van der Waals surface area contributed by atoms with E-state index in [0.29, 0.717) is 11.3 Å². The molecular formula is C11H11N3O3S. The van der Waals surface area contributed by atoms with Crippen LogP contribution in [0.25, 0.3) is 11.4 Å². The van der Waals surface area contributed by atoms with E-state index in [2.05, 4.69) is 15.0 Å². The Hall–Kier alpha value is -1.86. The summed E-state index contributed by atoms with van der Waals surface area (Å²) in [4.78, 5) is 12.0. The van der Waals surface area contributed by atoms with Crippen LogP contribution in [0.5, 0.6) is 0 Å². The van der Waals surface area contributed by atoms with Crippen molar-refractivity contribution in [3.05, 3.63) is 36.4 Å². The lowest BCUT2D eigenvalue weighted by molar-refractivity contribution is 0.277. The first-order valence-corrected chi connectivity index (χ1v) is 6.99. The van der Waals surface area contributed by atoms with E-state index in [1.165, 1.54) is 24.7 Å². The molecule has 0 atom stereocenters. The van der Waals surface area contributed by atoms with Crippen LogP contribution in [0.3, 0.4) is 0 Å². The van der Waals surface area contributed by atoms with E-state index in [-0.39, 0.29) is 17.3 Å². The smallest absolute Gasteiger partial charge is 0.177 e. The van der Waals surface area contributed by atoms with Crippen LogP contribution in [-0.4, -0.2) is 34.7 Å². The van der Waals surface area contributed by atoms with Gasteiger partial charge in [-0.15, -0.1) is 0 Å². The van der Waals surface area contributed by atoms with E-state index < -0.39 is 9.84 Å². The second-order valence-corrected chi connectivity index (χ2v) is 5.66. The third-order valence-electron chi connectivity index (χ3n) is 2.30. The zero-order chi connectivity index (χ0) is 13.2. The third-order valence-corrected chi connectivity index (χ3v) is 3.42. The van der Waals surface area contributed by atoms with Crippen molar-refractivity contribution in [2.24, 2.45) is 0 Å². The van der Waals surface area contributed by atoms with Gasteiger partial charge in [-0.2, -0.15) is 0 Å². The summed E-state index contributed by atoms with van der Waals surface area (Å²) in [5, 5.41) is 9.02. The molecule has 7 heteroatoms. The highest BCUT2D eigenvalue weighted by Crippen LogP contribution is 2.23. The largest absolute Gasteiger partial charge is 0.390 e. The Kier molecular flexibility index (Phi) is 3.35. The first-order valence-electron chi connectivity index (χ1n) is 5.09. The van der Waals surface area contributed by atoms with Crippen molar-refractivity contribution >= 4 is 9.84 Å². The van der Waals surface area contributed by atoms with E-state index in [0.717, 1.165) is 6.26 Å². The fourth-order valence-electron chi connectivity index (χ4n) is 1.47. The third kappa shape index (κ3) is 2.52. The van der Waals surface area contributed by atoms with Crippen LogP contribution in [0.2, 0.25) is 0 Å². The van der Waals surface area contributed by atoms with Gasteiger partial charge in [0, 0.05) is 30.4 Å². The molecule has 6 nitrogen and oxygen atoms in total. The van der Waals surface area contributed by atoms with E-state index in [1.54, 1.807) is 6.07 Å². The number of rotatable bonds is 3. The molecule has 2 heterocycles. The maximum absolute atomic E-state index is 11.6. The Morgan fingerprint density at radius 2 is 2.06 bits per heavy atom. The number of aromatic nitrogens is 3. The summed E-state index contributed by atoms with van der Waals surface area (Å²) in [5.41, 5.74) is 0.805. The molecule has 94 valence electrons. The van der Waals surface area contributed by atoms with Crippen molar-refractivity contribution in [3.63, 3.8) is 0 Å². The molecule has 2 aromatic rings. The Morgan fingerprint density at radius 1 is 1.28 bits per heavy atom. The second kappa shape index (κ2) is 4.79. The van der Waals surface area contributed by atoms with Gasteiger partial charge < -0.3 is 5.11 Å². The maximum Gasteiger partial charge on any atom is 0.177 e. The number of hydrogen-bond donors (Lipinski definition) is 1. The fraction of sp³-hybridized carbons (Fsp3) is 0.182. The number of aliphatic hydroxyl groups is 1. The molecule has 0 amide bonds. The topological polar surface area (TPSA) is 93.0 Å². The molecule has 0 spiro atoms. The predicted molar refractivity (Wildman–Crippen MR) is 64.3 cm³/mol. The Balaban J connectivity index is 2.64. The Bertz CT molecular complexity index is 671. The Morgan fingerprint density at radius 3 is 2.72 bits per heavy atom. The second-order valence-electron chi connectivity index (χ2n) is 3.67. The summed E-state index contributed by atoms with van der Waals surface area (Å²) in [6.07, 6.45) is 5.31. The lowest BCUT2D eigenvalue weighted by atomic mass is 10.2. The number of nitrogens with zero attached hydrogens (tertiary/aromatic N) is 3. The van der Waals surface area contributed by atoms with Crippen LogP contribution in [0, 0.1) is 0 Å². The molecule has 0 bridgehead atoms. The fourth-order valence-corrected chi connectivity index (χ4v) is 2.29. The van der Waals surface area contributed by atoms with Gasteiger partial charge in [-0.1, -0.05) is 0 Å². The van der Waals surface area contributed by atoms with Gasteiger partial charge in [-0.25, -0.2) is 18.4 Å². The van der Waals surface area contributed by atoms with Crippen LogP contribution in [0.15, 0.2) is 35.6 Å². The molecule has 0 fully saturated rings. The summed E-state index contributed by atoms with van der Waals surface area (Å²) < 4.78 is 23.3. The van der Waals surface area contributed by atoms with Crippen molar-refractivity contribution in [1.82, 2.24) is 15.0 Å². The highest BCUT2D eigenvalue weighted by molar-refractivity contribution is 7.90. The van der Waals surface area contributed by atoms with Gasteiger partial charge in [0.25, 0.3) is 0 Å². The minimum absolute atomic E-state index is 0.0695. The zero-order valence-electron chi connectivity index (χ0n) is 9.61. The van der Waals surface area contributed by atoms with Crippen molar-refractivity contribution in [1.29, 1.82) is 0 Å². The van der Waals surface area contributed by atoms with E-state index >= 15 is 0 Å². The number of aliphatic hydroxyl groups excluding tert-OH is 1. The van der Waals surface area contributed by atoms with Crippen molar-refractivity contribution in [2.45, 2.75) is 11.5 Å². The van der Waals surface area contributed by atoms with Gasteiger partial charge in [-0.05, 0) is 12.1 Å². The minimum Gasteiger partial charge on any atom is -0.390 e. The molecule has 2 aromatic heterocycles. The lowest BCUT2D eigenvalue weighted by Crippen LogP contribution is -2.03. The monoisotopic (exact) mass is 265 g/mol. The molecule has 0 aliphatic heterocycles. The average molecular weight is 265 g/mol. The Labute approximate surface area is 104 Å². The first kappa shape index (κ1) is 12.6. The summed E-state index contributed by atoms with van der Waals surface area (Å²) >= 11 is 0. The average Bonchev–Trinajstić information content (AvgIpc) is 2.38. The standard InChI is InChI=1S/C11H11N3O3S/c1-18(16,17)10-6-12-4-3-9(10)11-13-5-2-8(7-15)14-11/h2-6,15H,7H2,1H3. The van der Waals surface area contributed by atoms with Gasteiger partial charge in [-0.3, -0.25) is 4.98 Å². The van der Waals surface area contributed by atoms with E-state index in [4.69, 9.17) is 5.11 Å². The van der Waals surface area contributed by atoms with Gasteiger partial charge in [0.05, 0.1) is 17.2 Å². The number of sulfone groups is 1. The lowest BCUT2D eigenvalue weighted by Gasteiger charge is -2.06. The van der Waals surface area contributed by atoms with Gasteiger partial charge >= 0.3 is 0 Å². The number of pyridine rings is 1. The van der Waals surface area contributed by atoms with Crippen molar-refractivity contribution < 1.29 is 13.5 Å². The normalized spacial score (nSPS) is 11.4. The van der Waals surface area contributed by atoms with Crippen molar-refractivity contribution in [3.8, 4) is 11.4 Å². The van der Waals surface area contributed by atoms with E-state index in [1.807, 2.05) is 0 Å². The summed E-state index contributed by atoms with van der Waals surface area (Å²) in [6.45, 7) is -0.227. The minimum atomic E-state index is -3.41. The molecule has 2 rings (SSSR count). The molecule has 18 heavy (non-hydrogen) atoms. The van der Waals surface area contributed by atoms with Crippen LogP contribution in [-0.2, 0) is 16.4 Å². The molecule has 0 aromatic carbocycles. The molecule has 0 aliphatic carbocycles. The predicted octanol–water partition coefficient (Wildman–Crippen LogP) is 0.434. The SMILES string of the molecule is CS(=O)(=O)c1cnccc1-c1nccc(CO)n1. The quantitative estimate of drug-likeness (QED) is 0.865. The highest BCUT2D eigenvalue weighted by Gasteiger charge is 2.16. The van der Waals surface area contributed by atoms with Crippen molar-refractivity contribution in [2.75, 3.05) is 6.26 Å². The molecular weight excluding hydrogens is 254 g/mol. The molecule has 0 saturated carbocycles. The van der Waals surface area contributed by atoms with Crippen LogP contribution in [0.4, 0.5) is 0 Å². The molecule has 0 aliphatic rings. The highest BCUT2D eigenvalue weighted by atomic mass is 32.2. The zero-order valence-corrected chi connectivity index (χ0v) is 10.4. The maximum atomic E-state index is 11.6. The molecule has 0 radical (unpaired) electrons. The van der Waals surface area contributed by atoms with Gasteiger partial charge in [0.1, 0.15) is 0 Å². The van der Waals surface area contributed by atoms with Gasteiger partial charge in [0.2, 0.25) is 0 Å². The number of hydrogen-bond acceptors (Lipinski definition) is 6. The first-order chi connectivity index (χ1) is 8.52. The van der Waals surface area contributed by atoms with E-state index in [9.17, 15) is 8.42 Å². The summed E-state index contributed by atoms with van der Waals surface area (Å²) in [5.74, 6) is 0.254. The molecule has 0 saturated heterocycles. The molecule has 1 N–H and O–H groups in total. The molecule has 0 unspecified atom stereocenters. The van der Waals surface area contributed by atoms with Crippen LogP contribution in [0.1, 0.15) is 5.69 Å².